The number of rotatable bonds is 3. The Labute approximate surface area is 94.5 Å². The Kier molecular flexibility index (Phi) is 3.42. The Morgan fingerprint density at radius 1 is 1.31 bits per heavy atom. The van der Waals surface area contributed by atoms with E-state index in [9.17, 15) is 9.90 Å². The summed E-state index contributed by atoms with van der Waals surface area (Å²) < 4.78 is 5.24. The molecule has 2 N–H and O–H groups in total. The first-order valence-corrected chi connectivity index (χ1v) is 5.11. The molecule has 4 heteroatoms. The highest BCUT2D eigenvalue weighted by Crippen LogP contribution is 2.26. The fraction of sp³-hybridized carbons (Fsp3) is 0.417. The lowest BCUT2D eigenvalue weighted by molar-refractivity contribution is -0.00247. The summed E-state index contributed by atoms with van der Waals surface area (Å²) in [5, 5.41) is 18.3. The lowest BCUT2D eigenvalue weighted by atomic mass is 10.1. The van der Waals surface area contributed by atoms with Gasteiger partial charge in [0.2, 0.25) is 0 Å². The van der Waals surface area contributed by atoms with Gasteiger partial charge in [0, 0.05) is 0 Å². The van der Waals surface area contributed by atoms with E-state index in [0.717, 1.165) is 0 Å². The Morgan fingerprint density at radius 3 is 2.44 bits per heavy atom. The van der Waals surface area contributed by atoms with Crippen LogP contribution in [0.5, 0.6) is 11.5 Å². The maximum absolute atomic E-state index is 11.7. The van der Waals surface area contributed by atoms with Crippen LogP contribution in [0.2, 0.25) is 0 Å². The Bertz CT molecular complexity index is 396. The SMILES string of the molecule is CCC(C)(C)OC(=O)c1ccc(O)c(O)c1. The maximum atomic E-state index is 11.7. The van der Waals surface area contributed by atoms with E-state index < -0.39 is 11.6 Å². The molecule has 4 nitrogen and oxygen atoms in total. The van der Waals surface area contributed by atoms with Crippen LogP contribution in [0.4, 0.5) is 0 Å². The van der Waals surface area contributed by atoms with E-state index in [0.29, 0.717) is 6.42 Å². The third-order valence-electron chi connectivity index (χ3n) is 2.43. The lowest BCUT2D eigenvalue weighted by Crippen LogP contribution is -2.26. The fourth-order valence-electron chi connectivity index (χ4n) is 1.03. The number of esters is 1. The predicted octanol–water partition coefficient (Wildman–Crippen LogP) is 2.44. The van der Waals surface area contributed by atoms with Crippen molar-refractivity contribution in [1.82, 2.24) is 0 Å². The number of phenolic OH excluding ortho intramolecular Hbond substituents is 2. The van der Waals surface area contributed by atoms with Gasteiger partial charge in [0.15, 0.2) is 11.5 Å². The highest BCUT2D eigenvalue weighted by atomic mass is 16.6. The number of phenols is 2. The largest absolute Gasteiger partial charge is 0.504 e. The first-order chi connectivity index (χ1) is 7.35. The third-order valence-corrected chi connectivity index (χ3v) is 2.43. The molecule has 0 saturated heterocycles. The molecule has 16 heavy (non-hydrogen) atoms. The molecule has 0 unspecified atom stereocenters. The van der Waals surface area contributed by atoms with Gasteiger partial charge in [0.25, 0.3) is 0 Å². The van der Waals surface area contributed by atoms with Crippen molar-refractivity contribution in [1.29, 1.82) is 0 Å². The number of hydrogen-bond acceptors (Lipinski definition) is 4. The first kappa shape index (κ1) is 12.4. The molecule has 0 spiro atoms. The molecule has 0 saturated carbocycles. The molecule has 0 aliphatic heterocycles. The number of hydrogen-bond donors (Lipinski definition) is 2. The van der Waals surface area contributed by atoms with Crippen molar-refractivity contribution in [2.24, 2.45) is 0 Å². The van der Waals surface area contributed by atoms with Gasteiger partial charge in [-0.15, -0.1) is 0 Å². The topological polar surface area (TPSA) is 66.8 Å². The lowest BCUT2D eigenvalue weighted by Gasteiger charge is -2.23. The fourth-order valence-corrected chi connectivity index (χ4v) is 1.03. The molecule has 0 aromatic heterocycles. The number of carbonyl (C=O) groups excluding carboxylic acids is 1. The smallest absolute Gasteiger partial charge is 0.338 e. The minimum absolute atomic E-state index is 0.219. The summed E-state index contributed by atoms with van der Waals surface area (Å²) in [5.74, 6) is -1.10. The summed E-state index contributed by atoms with van der Waals surface area (Å²) in [5.41, 5.74) is -0.318. The number of benzene rings is 1. The van der Waals surface area contributed by atoms with E-state index in [1.807, 2.05) is 20.8 Å². The summed E-state index contributed by atoms with van der Waals surface area (Å²) in [7, 11) is 0. The van der Waals surface area contributed by atoms with E-state index in [4.69, 9.17) is 9.84 Å². The zero-order valence-electron chi connectivity index (χ0n) is 9.65. The van der Waals surface area contributed by atoms with Crippen LogP contribution >= 0.6 is 0 Å². The zero-order chi connectivity index (χ0) is 12.3. The minimum Gasteiger partial charge on any atom is -0.504 e. The molecule has 0 aliphatic carbocycles. The molecule has 88 valence electrons. The summed E-state index contributed by atoms with van der Waals surface area (Å²) in [6, 6.07) is 3.84. The molecule has 0 heterocycles. The van der Waals surface area contributed by atoms with Crippen LogP contribution in [-0.2, 0) is 4.74 Å². The zero-order valence-corrected chi connectivity index (χ0v) is 9.65. The van der Waals surface area contributed by atoms with Crippen molar-refractivity contribution in [2.45, 2.75) is 32.8 Å². The summed E-state index contributed by atoms with van der Waals surface area (Å²) in [6.07, 6.45) is 0.697. The second kappa shape index (κ2) is 4.43. The molecule has 0 aliphatic rings. The van der Waals surface area contributed by atoms with Crippen molar-refractivity contribution in [3.8, 4) is 11.5 Å². The van der Waals surface area contributed by atoms with Crippen LogP contribution < -0.4 is 0 Å². The van der Waals surface area contributed by atoms with Crippen molar-refractivity contribution in [3.05, 3.63) is 23.8 Å². The van der Waals surface area contributed by atoms with Gasteiger partial charge in [-0.2, -0.15) is 0 Å². The van der Waals surface area contributed by atoms with Gasteiger partial charge >= 0.3 is 5.97 Å². The normalized spacial score (nSPS) is 11.2. The van der Waals surface area contributed by atoms with Crippen LogP contribution in [-0.4, -0.2) is 21.8 Å². The van der Waals surface area contributed by atoms with Crippen LogP contribution in [0.1, 0.15) is 37.6 Å². The van der Waals surface area contributed by atoms with Gasteiger partial charge in [-0.3, -0.25) is 0 Å². The molecule has 1 rings (SSSR count). The molecule has 0 fully saturated rings. The summed E-state index contributed by atoms with van der Waals surface area (Å²) >= 11 is 0. The Morgan fingerprint density at radius 2 is 1.94 bits per heavy atom. The molecular weight excluding hydrogens is 208 g/mol. The predicted molar refractivity (Wildman–Crippen MR) is 59.6 cm³/mol. The average Bonchev–Trinajstić information content (AvgIpc) is 2.21. The van der Waals surface area contributed by atoms with Crippen LogP contribution in [0, 0.1) is 0 Å². The Hall–Kier alpha value is -1.71. The molecule has 1 aromatic rings. The van der Waals surface area contributed by atoms with Crippen molar-refractivity contribution in [3.63, 3.8) is 0 Å². The number of ether oxygens (including phenoxy) is 1. The summed E-state index contributed by atoms with van der Waals surface area (Å²) in [4.78, 5) is 11.7. The maximum Gasteiger partial charge on any atom is 0.338 e. The van der Waals surface area contributed by atoms with Gasteiger partial charge in [-0.25, -0.2) is 4.79 Å². The molecule has 0 amide bonds. The summed E-state index contributed by atoms with van der Waals surface area (Å²) in [6.45, 7) is 5.54. The van der Waals surface area contributed by atoms with Crippen molar-refractivity contribution in [2.75, 3.05) is 0 Å². The van der Waals surface area contributed by atoms with Gasteiger partial charge in [0.05, 0.1) is 5.56 Å². The molecule has 0 radical (unpaired) electrons. The second-order valence-electron chi connectivity index (χ2n) is 4.21. The average molecular weight is 224 g/mol. The monoisotopic (exact) mass is 224 g/mol. The van der Waals surface area contributed by atoms with Crippen LogP contribution in [0.25, 0.3) is 0 Å². The van der Waals surface area contributed by atoms with E-state index in [-0.39, 0.29) is 17.1 Å². The quantitative estimate of drug-likeness (QED) is 0.611. The van der Waals surface area contributed by atoms with Gasteiger partial charge < -0.3 is 14.9 Å². The minimum atomic E-state index is -0.537. The van der Waals surface area contributed by atoms with E-state index in [1.54, 1.807) is 0 Å². The van der Waals surface area contributed by atoms with Gasteiger partial charge in [-0.05, 0) is 38.5 Å². The standard InChI is InChI=1S/C12H16O4/c1-4-12(2,3)16-11(15)8-5-6-9(13)10(14)7-8/h5-7,13-14H,4H2,1-3H3. The first-order valence-electron chi connectivity index (χ1n) is 5.11. The highest BCUT2D eigenvalue weighted by molar-refractivity contribution is 5.90. The molecule has 0 bridgehead atoms. The number of carbonyl (C=O) groups is 1. The molecular formula is C12H16O4. The van der Waals surface area contributed by atoms with Crippen molar-refractivity contribution < 1.29 is 19.7 Å². The Balaban J connectivity index is 2.85. The number of aromatic hydroxyl groups is 2. The van der Waals surface area contributed by atoms with E-state index in [2.05, 4.69) is 0 Å². The molecule has 1 aromatic carbocycles. The van der Waals surface area contributed by atoms with Crippen LogP contribution in [0.3, 0.4) is 0 Å². The van der Waals surface area contributed by atoms with Crippen molar-refractivity contribution >= 4 is 5.97 Å². The van der Waals surface area contributed by atoms with Gasteiger partial charge in [-0.1, -0.05) is 6.92 Å². The highest BCUT2D eigenvalue weighted by Gasteiger charge is 2.21. The van der Waals surface area contributed by atoms with E-state index >= 15 is 0 Å². The van der Waals surface area contributed by atoms with Gasteiger partial charge in [0.1, 0.15) is 5.60 Å². The van der Waals surface area contributed by atoms with Crippen LogP contribution in [0.15, 0.2) is 18.2 Å². The van der Waals surface area contributed by atoms with E-state index in [1.165, 1.54) is 18.2 Å². The molecule has 0 atom stereocenters. The third kappa shape index (κ3) is 2.89. The second-order valence-corrected chi connectivity index (χ2v) is 4.21.